The van der Waals surface area contributed by atoms with Gasteiger partial charge in [-0.15, -0.1) is 11.8 Å². The minimum absolute atomic E-state index is 0.0283. The molecular formula is C22H24FN3O5S2. The molecule has 0 aliphatic carbocycles. The van der Waals surface area contributed by atoms with E-state index in [0.717, 1.165) is 5.69 Å². The second-order valence-electron chi connectivity index (χ2n) is 7.26. The number of benzene rings is 2. The van der Waals surface area contributed by atoms with E-state index in [-0.39, 0.29) is 10.6 Å². The molecule has 1 unspecified atom stereocenters. The molecule has 1 aliphatic rings. The number of carbonyl (C=O) groups is 1. The van der Waals surface area contributed by atoms with Crippen LogP contribution in [0, 0.1) is 5.41 Å². The molecule has 11 heteroatoms. The van der Waals surface area contributed by atoms with Crippen molar-refractivity contribution in [2.24, 2.45) is 0 Å². The Morgan fingerprint density at radius 1 is 1.33 bits per heavy atom. The number of anilines is 2. The van der Waals surface area contributed by atoms with E-state index in [1.54, 1.807) is 12.3 Å². The Morgan fingerprint density at radius 2 is 2.03 bits per heavy atom. The van der Waals surface area contributed by atoms with E-state index < -0.39 is 27.9 Å². The van der Waals surface area contributed by atoms with Gasteiger partial charge in [-0.05, 0) is 43.5 Å². The van der Waals surface area contributed by atoms with Crippen molar-refractivity contribution in [2.75, 3.05) is 24.7 Å². The summed E-state index contributed by atoms with van der Waals surface area (Å²) in [5.74, 6) is -3.26. The number of fused-ring (bicyclic) bond motifs is 1. The van der Waals surface area contributed by atoms with Gasteiger partial charge < -0.3 is 20.2 Å². The molecule has 8 nitrogen and oxygen atoms in total. The van der Waals surface area contributed by atoms with Crippen LogP contribution in [0.3, 0.4) is 0 Å². The number of carboxylic acid groups (broad SMARTS) is 1. The quantitative estimate of drug-likeness (QED) is 0.245. The topological polar surface area (TPSA) is 111 Å². The fourth-order valence-electron chi connectivity index (χ4n) is 3.54. The highest BCUT2D eigenvalue weighted by Crippen LogP contribution is 2.43. The lowest BCUT2D eigenvalue weighted by Gasteiger charge is -2.29. The molecule has 0 spiro atoms. The van der Waals surface area contributed by atoms with E-state index in [0.29, 0.717) is 36.2 Å². The summed E-state index contributed by atoms with van der Waals surface area (Å²) in [7, 11) is -2.49. The summed E-state index contributed by atoms with van der Waals surface area (Å²) in [5, 5.41) is 16.1. The zero-order valence-corrected chi connectivity index (χ0v) is 19.7. The predicted octanol–water partition coefficient (Wildman–Crippen LogP) is 4.25. The van der Waals surface area contributed by atoms with E-state index in [2.05, 4.69) is 0 Å². The predicted molar refractivity (Wildman–Crippen MR) is 126 cm³/mol. The molecule has 0 amide bonds. The minimum atomic E-state index is -3.98. The molecule has 3 rings (SSSR count). The third-order valence-corrected chi connectivity index (χ3v) is 8.00. The number of likely N-dealkylation sites (N-methyl/N-ethyl adjacent to an activating group) is 1. The Hall–Kier alpha value is -2.89. The van der Waals surface area contributed by atoms with Gasteiger partial charge in [-0.3, -0.25) is 0 Å². The molecule has 0 fully saturated rings. The molecular weight excluding hydrogens is 469 g/mol. The molecule has 2 N–H and O–H groups in total. The van der Waals surface area contributed by atoms with Crippen LogP contribution < -0.4 is 9.64 Å². The summed E-state index contributed by atoms with van der Waals surface area (Å²) in [6, 6.07) is 11.9. The van der Waals surface area contributed by atoms with Crippen LogP contribution in [-0.2, 0) is 14.8 Å². The number of carboxylic acids is 1. The van der Waals surface area contributed by atoms with Crippen molar-refractivity contribution in [3.8, 4) is 5.75 Å². The normalized spacial score (nSPS) is 18.3. The monoisotopic (exact) mass is 493 g/mol. The van der Waals surface area contributed by atoms with Crippen LogP contribution in [0.1, 0.15) is 12.8 Å². The molecule has 0 saturated heterocycles. The highest BCUT2D eigenvalue weighted by Gasteiger charge is 2.37. The summed E-state index contributed by atoms with van der Waals surface area (Å²) >= 11 is 1.26. The lowest BCUT2D eigenvalue weighted by molar-refractivity contribution is -0.134. The van der Waals surface area contributed by atoms with Crippen molar-refractivity contribution >= 4 is 45.3 Å². The van der Waals surface area contributed by atoms with Gasteiger partial charge in [-0.25, -0.2) is 13.2 Å². The van der Waals surface area contributed by atoms with Crippen LogP contribution in [0.2, 0.25) is 0 Å². The minimum Gasteiger partial charge on any atom is -0.476 e. The van der Waals surface area contributed by atoms with Crippen molar-refractivity contribution in [2.45, 2.75) is 28.7 Å². The van der Waals surface area contributed by atoms with Gasteiger partial charge in [0.1, 0.15) is 16.9 Å². The first-order chi connectivity index (χ1) is 15.7. The smallest absolute Gasteiger partial charge is 0.368 e. The molecule has 0 aromatic heterocycles. The zero-order valence-electron chi connectivity index (χ0n) is 18.1. The third-order valence-electron chi connectivity index (χ3n) is 5.31. The highest BCUT2D eigenvalue weighted by molar-refractivity contribution is 7.98. The SMILES string of the molecule is CSc1cc2c(cc1O/C=C(\F)C(=O)O)S(=O)(=O)N(C)C(CCC=N)CN2c1ccccc1. The maximum absolute atomic E-state index is 13.6. The van der Waals surface area contributed by atoms with E-state index >= 15 is 0 Å². The second kappa shape index (κ2) is 10.4. The van der Waals surface area contributed by atoms with Gasteiger partial charge in [-0.1, -0.05) is 18.2 Å². The first-order valence-electron chi connectivity index (χ1n) is 9.98. The fraction of sp³-hybridized carbons (Fsp3) is 0.273. The van der Waals surface area contributed by atoms with E-state index in [1.807, 2.05) is 35.2 Å². The van der Waals surface area contributed by atoms with E-state index in [9.17, 15) is 17.6 Å². The number of hydrogen-bond acceptors (Lipinski definition) is 7. The first-order valence-corrected chi connectivity index (χ1v) is 12.6. The van der Waals surface area contributed by atoms with Crippen molar-refractivity contribution in [3.63, 3.8) is 0 Å². The average Bonchev–Trinajstić information content (AvgIpc) is 2.89. The van der Waals surface area contributed by atoms with Crippen molar-refractivity contribution in [1.82, 2.24) is 4.31 Å². The van der Waals surface area contributed by atoms with Crippen LogP contribution in [0.4, 0.5) is 15.8 Å². The number of ether oxygens (including phenoxy) is 1. The van der Waals surface area contributed by atoms with Crippen molar-refractivity contribution in [3.05, 3.63) is 54.6 Å². The number of hydrogen-bond donors (Lipinski definition) is 2. The Morgan fingerprint density at radius 3 is 2.64 bits per heavy atom. The van der Waals surface area contributed by atoms with Crippen LogP contribution in [0.25, 0.3) is 0 Å². The molecule has 176 valence electrons. The summed E-state index contributed by atoms with van der Waals surface area (Å²) < 4.78 is 47.2. The number of halogens is 1. The molecule has 0 saturated carbocycles. The molecule has 2 aromatic carbocycles. The van der Waals surface area contributed by atoms with Gasteiger partial charge in [0.2, 0.25) is 15.9 Å². The van der Waals surface area contributed by atoms with Gasteiger partial charge in [0.15, 0.2) is 0 Å². The molecule has 0 bridgehead atoms. The van der Waals surface area contributed by atoms with Crippen LogP contribution in [0.15, 0.2) is 64.3 Å². The number of para-hydroxylation sites is 1. The largest absolute Gasteiger partial charge is 0.476 e. The number of rotatable bonds is 8. The Balaban J connectivity index is 2.22. The van der Waals surface area contributed by atoms with E-state index in [1.165, 1.54) is 35.4 Å². The Kier molecular flexibility index (Phi) is 7.77. The van der Waals surface area contributed by atoms with Crippen molar-refractivity contribution < 1.29 is 27.4 Å². The van der Waals surface area contributed by atoms with Gasteiger partial charge in [-0.2, -0.15) is 8.70 Å². The number of sulfonamides is 1. The maximum atomic E-state index is 13.6. The van der Waals surface area contributed by atoms with Gasteiger partial charge in [0.05, 0.1) is 10.6 Å². The zero-order chi connectivity index (χ0) is 24.2. The Bertz CT molecular complexity index is 1170. The molecule has 0 radical (unpaired) electrons. The summed E-state index contributed by atoms with van der Waals surface area (Å²) in [4.78, 5) is 13.1. The number of nitrogens with one attached hydrogen (secondary N) is 1. The standard InChI is InChI=1S/C22H24FN3O5S2/c1-25-16(9-6-10-24)13-26(15-7-4-3-5-8-15)18-11-20(32-2)19(12-21(18)33(25,29)30)31-14-17(23)22(27)28/h3-5,7-8,10-12,14,16,24H,6,9,13H2,1-2H3,(H,27,28)/b17-14-,24-10?. The molecule has 2 aromatic rings. The summed E-state index contributed by atoms with van der Waals surface area (Å²) in [6.45, 7) is 0.363. The molecule has 1 aliphatic heterocycles. The molecule has 1 heterocycles. The highest BCUT2D eigenvalue weighted by atomic mass is 32.2. The second-order valence-corrected chi connectivity index (χ2v) is 10.1. The first kappa shape index (κ1) is 24.7. The average molecular weight is 494 g/mol. The van der Waals surface area contributed by atoms with Crippen molar-refractivity contribution in [1.29, 1.82) is 5.41 Å². The third kappa shape index (κ3) is 5.21. The van der Waals surface area contributed by atoms with Crippen LogP contribution in [0.5, 0.6) is 5.75 Å². The Labute approximate surface area is 196 Å². The maximum Gasteiger partial charge on any atom is 0.368 e. The van der Waals surface area contributed by atoms with Gasteiger partial charge >= 0.3 is 5.97 Å². The van der Waals surface area contributed by atoms with Crippen LogP contribution in [-0.4, -0.2) is 55.9 Å². The number of nitrogens with zero attached hydrogens (tertiary/aromatic N) is 2. The van der Waals surface area contributed by atoms with Gasteiger partial charge in [0.25, 0.3) is 0 Å². The van der Waals surface area contributed by atoms with Crippen LogP contribution >= 0.6 is 11.8 Å². The van der Waals surface area contributed by atoms with Gasteiger partial charge in [0, 0.05) is 31.4 Å². The summed E-state index contributed by atoms with van der Waals surface area (Å²) in [6.07, 6.45) is 4.34. The molecule has 1 atom stereocenters. The number of thioether (sulfide) groups is 1. The summed E-state index contributed by atoms with van der Waals surface area (Å²) in [5.41, 5.74) is 1.23. The lowest BCUT2D eigenvalue weighted by Crippen LogP contribution is -2.40. The number of aliphatic carboxylic acids is 1. The fourth-order valence-corrected chi connectivity index (χ4v) is 5.64. The lowest BCUT2D eigenvalue weighted by atomic mass is 10.1. The van der Waals surface area contributed by atoms with E-state index in [4.69, 9.17) is 15.3 Å². The molecule has 33 heavy (non-hydrogen) atoms.